The number of nitrogens with zero attached hydrogens (tertiary/aromatic N) is 2. The number of rotatable bonds is 3. The van der Waals surface area contributed by atoms with E-state index in [0.29, 0.717) is 23.0 Å². The molecule has 1 fully saturated rings. The van der Waals surface area contributed by atoms with Gasteiger partial charge in [0.05, 0.1) is 18.2 Å². The summed E-state index contributed by atoms with van der Waals surface area (Å²) < 4.78 is 2.05. The Bertz CT molecular complexity index is 769. The molecule has 0 saturated carbocycles. The summed E-state index contributed by atoms with van der Waals surface area (Å²) in [5.74, 6) is 0.329. The van der Waals surface area contributed by atoms with Crippen molar-refractivity contribution in [1.29, 1.82) is 0 Å². The Balaban J connectivity index is 1.99. The van der Waals surface area contributed by atoms with Crippen LogP contribution in [0.15, 0.2) is 30.3 Å². The summed E-state index contributed by atoms with van der Waals surface area (Å²) in [5, 5.41) is 10.3. The summed E-state index contributed by atoms with van der Waals surface area (Å²) in [5.41, 5.74) is 3.53. The Morgan fingerprint density at radius 2 is 2.08 bits per heavy atom. The van der Waals surface area contributed by atoms with Gasteiger partial charge in [-0.1, -0.05) is 24.6 Å². The monoisotopic (exact) mass is 346 g/mol. The van der Waals surface area contributed by atoms with E-state index in [1.165, 1.54) is 0 Å². The van der Waals surface area contributed by atoms with Gasteiger partial charge in [-0.15, -0.1) is 0 Å². The quantitative estimate of drug-likeness (QED) is 0.923. The van der Waals surface area contributed by atoms with Crippen molar-refractivity contribution < 1.29 is 9.90 Å². The summed E-state index contributed by atoms with van der Waals surface area (Å²) in [6.45, 7) is 6.74. The predicted molar refractivity (Wildman–Crippen MR) is 95.9 cm³/mol. The Hall–Kier alpha value is -1.78. The van der Waals surface area contributed by atoms with Gasteiger partial charge in [-0.2, -0.15) is 0 Å². The second kappa shape index (κ2) is 6.61. The number of benzene rings is 1. The van der Waals surface area contributed by atoms with Crippen molar-refractivity contribution in [3.63, 3.8) is 0 Å². The Labute approximate surface area is 147 Å². The number of aryl methyl sites for hydroxylation is 1. The highest BCUT2D eigenvalue weighted by Gasteiger charge is 2.35. The van der Waals surface area contributed by atoms with Gasteiger partial charge < -0.3 is 14.6 Å². The van der Waals surface area contributed by atoms with Crippen LogP contribution in [0.3, 0.4) is 0 Å². The number of hydrogen-bond acceptors (Lipinski definition) is 2. The molecule has 1 aromatic carbocycles. The number of carbonyl (C=O) groups is 1. The van der Waals surface area contributed by atoms with Crippen LogP contribution in [0.25, 0.3) is 5.69 Å². The third kappa shape index (κ3) is 2.85. The van der Waals surface area contributed by atoms with Crippen LogP contribution >= 0.6 is 11.6 Å². The number of likely N-dealkylation sites (tertiary alicyclic amines) is 1. The van der Waals surface area contributed by atoms with Gasteiger partial charge in [-0.25, -0.2) is 0 Å². The lowest BCUT2D eigenvalue weighted by Crippen LogP contribution is -2.40. The molecule has 5 heteroatoms. The summed E-state index contributed by atoms with van der Waals surface area (Å²) >= 11 is 6.11. The number of halogens is 1. The highest BCUT2D eigenvalue weighted by molar-refractivity contribution is 6.30. The molecule has 3 rings (SSSR count). The molecule has 0 bridgehead atoms. The van der Waals surface area contributed by atoms with Gasteiger partial charge in [0.15, 0.2) is 0 Å². The first-order valence-corrected chi connectivity index (χ1v) is 8.68. The number of aliphatic hydroxyl groups excluding tert-OH is 1. The standard InChI is InChI=1S/C19H23ClN2O2/c1-12-7-8-21(18(12)11-23)19(24)17-9-13(2)22(14(17)3)16-6-4-5-15(20)10-16/h4-6,9-10,12,18,23H,7-8,11H2,1-3H3/t12-,18-/m0/s1. The van der Waals surface area contributed by atoms with Crippen LogP contribution in [0.1, 0.15) is 35.1 Å². The molecule has 128 valence electrons. The fourth-order valence-electron chi connectivity index (χ4n) is 3.69. The van der Waals surface area contributed by atoms with Crippen LogP contribution in [0.2, 0.25) is 5.02 Å². The minimum absolute atomic E-state index is 0.000205. The molecule has 2 atom stereocenters. The zero-order chi connectivity index (χ0) is 17.4. The lowest BCUT2D eigenvalue weighted by molar-refractivity contribution is 0.0647. The van der Waals surface area contributed by atoms with Crippen molar-refractivity contribution in [3.8, 4) is 5.69 Å². The van der Waals surface area contributed by atoms with Gasteiger partial charge in [0, 0.05) is 28.6 Å². The lowest BCUT2D eigenvalue weighted by Gasteiger charge is -2.25. The van der Waals surface area contributed by atoms with E-state index in [0.717, 1.165) is 23.5 Å². The summed E-state index contributed by atoms with van der Waals surface area (Å²) in [7, 11) is 0. The van der Waals surface area contributed by atoms with Crippen LogP contribution in [0, 0.1) is 19.8 Å². The smallest absolute Gasteiger partial charge is 0.256 e. The summed E-state index contributed by atoms with van der Waals surface area (Å²) in [6.07, 6.45) is 0.935. The molecule has 0 spiro atoms. The fourth-order valence-corrected chi connectivity index (χ4v) is 3.87. The average Bonchev–Trinajstić information content (AvgIpc) is 3.06. The maximum absolute atomic E-state index is 13.0. The van der Waals surface area contributed by atoms with Crippen molar-refractivity contribution in [2.24, 2.45) is 5.92 Å². The molecule has 0 aliphatic carbocycles. The van der Waals surface area contributed by atoms with Gasteiger partial charge in [0.25, 0.3) is 5.91 Å². The topological polar surface area (TPSA) is 45.5 Å². The van der Waals surface area contributed by atoms with Crippen LogP contribution in [-0.4, -0.2) is 39.7 Å². The maximum Gasteiger partial charge on any atom is 0.256 e. The van der Waals surface area contributed by atoms with E-state index in [4.69, 9.17) is 11.6 Å². The molecule has 1 N–H and O–H groups in total. The van der Waals surface area contributed by atoms with Crippen LogP contribution < -0.4 is 0 Å². The maximum atomic E-state index is 13.0. The van der Waals surface area contributed by atoms with Gasteiger partial charge >= 0.3 is 0 Å². The fraction of sp³-hybridized carbons (Fsp3) is 0.421. The Kier molecular flexibility index (Phi) is 4.70. The summed E-state index contributed by atoms with van der Waals surface area (Å²) in [4.78, 5) is 14.8. The molecule has 1 aromatic heterocycles. The molecule has 4 nitrogen and oxygen atoms in total. The molecule has 1 aliphatic heterocycles. The van der Waals surface area contributed by atoms with E-state index in [9.17, 15) is 9.90 Å². The number of carbonyl (C=O) groups excluding carboxylic acids is 1. The lowest BCUT2D eigenvalue weighted by atomic mass is 10.0. The molecular weight excluding hydrogens is 324 g/mol. The van der Waals surface area contributed by atoms with E-state index < -0.39 is 0 Å². The zero-order valence-electron chi connectivity index (χ0n) is 14.3. The van der Waals surface area contributed by atoms with Crippen molar-refractivity contribution in [2.45, 2.75) is 33.2 Å². The first-order chi connectivity index (χ1) is 11.4. The van der Waals surface area contributed by atoms with Crippen LogP contribution in [0.4, 0.5) is 0 Å². The molecule has 0 unspecified atom stereocenters. The number of amides is 1. The normalized spacial score (nSPS) is 20.6. The summed E-state index contributed by atoms with van der Waals surface area (Å²) in [6, 6.07) is 9.45. The highest BCUT2D eigenvalue weighted by atomic mass is 35.5. The van der Waals surface area contributed by atoms with Crippen LogP contribution in [0.5, 0.6) is 0 Å². The van der Waals surface area contributed by atoms with E-state index in [1.54, 1.807) is 0 Å². The number of aliphatic hydroxyl groups is 1. The highest BCUT2D eigenvalue weighted by Crippen LogP contribution is 2.28. The SMILES string of the molecule is Cc1cc(C(=O)N2CC[C@H](C)[C@@H]2CO)c(C)n1-c1cccc(Cl)c1. The van der Waals surface area contributed by atoms with Gasteiger partial charge in [0.1, 0.15) is 0 Å². The number of hydrogen-bond donors (Lipinski definition) is 1. The van der Waals surface area contributed by atoms with E-state index >= 15 is 0 Å². The van der Waals surface area contributed by atoms with Gasteiger partial charge in [0.2, 0.25) is 0 Å². The van der Waals surface area contributed by atoms with E-state index in [-0.39, 0.29) is 18.6 Å². The molecule has 24 heavy (non-hydrogen) atoms. The first kappa shape index (κ1) is 17.1. The predicted octanol–water partition coefficient (Wildman–Crippen LogP) is 3.59. The van der Waals surface area contributed by atoms with Crippen LogP contribution in [-0.2, 0) is 0 Å². The molecule has 1 saturated heterocycles. The second-order valence-corrected chi connectivity index (χ2v) is 7.05. The molecule has 1 amide bonds. The first-order valence-electron chi connectivity index (χ1n) is 8.30. The van der Waals surface area contributed by atoms with E-state index in [1.807, 2.05) is 53.6 Å². The molecule has 2 aromatic rings. The van der Waals surface area contributed by atoms with E-state index in [2.05, 4.69) is 6.92 Å². The zero-order valence-corrected chi connectivity index (χ0v) is 15.0. The Morgan fingerprint density at radius 1 is 1.33 bits per heavy atom. The van der Waals surface area contributed by atoms with Crippen molar-refractivity contribution in [1.82, 2.24) is 9.47 Å². The van der Waals surface area contributed by atoms with Gasteiger partial charge in [-0.05, 0) is 50.5 Å². The molecule has 1 aliphatic rings. The second-order valence-electron chi connectivity index (χ2n) is 6.61. The third-order valence-electron chi connectivity index (χ3n) is 5.06. The molecule has 2 heterocycles. The van der Waals surface area contributed by atoms with Crippen molar-refractivity contribution in [2.75, 3.05) is 13.2 Å². The molecular formula is C19H23ClN2O2. The van der Waals surface area contributed by atoms with Crippen molar-refractivity contribution in [3.05, 3.63) is 52.3 Å². The number of aromatic nitrogens is 1. The average molecular weight is 347 g/mol. The minimum Gasteiger partial charge on any atom is -0.394 e. The minimum atomic E-state index is -0.0910. The third-order valence-corrected chi connectivity index (χ3v) is 5.29. The largest absolute Gasteiger partial charge is 0.394 e. The van der Waals surface area contributed by atoms with Gasteiger partial charge in [-0.3, -0.25) is 4.79 Å². The molecule has 0 radical (unpaired) electrons. The Morgan fingerprint density at radius 3 is 2.75 bits per heavy atom. The van der Waals surface area contributed by atoms with Crippen molar-refractivity contribution >= 4 is 17.5 Å².